The van der Waals surface area contributed by atoms with Gasteiger partial charge < -0.3 is 14.8 Å². The van der Waals surface area contributed by atoms with Crippen LogP contribution >= 0.6 is 0 Å². The summed E-state index contributed by atoms with van der Waals surface area (Å²) in [4.78, 5) is 22.3. The van der Waals surface area contributed by atoms with E-state index in [0.717, 1.165) is 6.92 Å². The first-order chi connectivity index (χ1) is 8.98. The number of amides is 1. The van der Waals surface area contributed by atoms with Crippen molar-refractivity contribution in [2.45, 2.75) is 52.2 Å². The van der Waals surface area contributed by atoms with Crippen molar-refractivity contribution in [2.75, 3.05) is 6.61 Å². The van der Waals surface area contributed by atoms with E-state index in [2.05, 4.69) is 4.74 Å². The minimum atomic E-state index is -3.40. The molecule has 20 heavy (non-hydrogen) atoms. The van der Waals surface area contributed by atoms with Crippen molar-refractivity contribution >= 4 is 12.1 Å². The fourth-order valence-electron chi connectivity index (χ4n) is 1.09. The van der Waals surface area contributed by atoms with Gasteiger partial charge in [0.05, 0.1) is 12.6 Å². The lowest BCUT2D eigenvalue weighted by molar-refractivity contribution is -0.137. The topological polar surface area (TPSA) is 64.6 Å². The van der Waals surface area contributed by atoms with Crippen LogP contribution in [0.1, 0.15) is 34.6 Å². The first-order valence-electron chi connectivity index (χ1n) is 6.21. The number of ether oxygens (including phenoxy) is 2. The van der Waals surface area contributed by atoms with Crippen molar-refractivity contribution in [1.29, 1.82) is 0 Å². The van der Waals surface area contributed by atoms with Crippen molar-refractivity contribution in [3.63, 3.8) is 0 Å². The van der Waals surface area contributed by atoms with Gasteiger partial charge in [-0.1, -0.05) is 0 Å². The number of rotatable bonds is 5. The average molecular weight is 293 g/mol. The number of halogens is 2. The monoisotopic (exact) mass is 293 g/mol. The van der Waals surface area contributed by atoms with Gasteiger partial charge in [0.15, 0.2) is 0 Å². The van der Waals surface area contributed by atoms with E-state index in [4.69, 9.17) is 4.74 Å². The standard InChI is InChI=1S/C13H21F2NO4/c1-6-19-10(17)7-8-13(14,15)9(2)16-11(18)20-12(3,4)5/h7-9H,6H2,1-5H3,(H,16,18)/b8-7+. The molecule has 0 saturated carbocycles. The molecule has 1 N–H and O–H groups in total. The van der Waals surface area contributed by atoms with Crippen LogP contribution in [0.2, 0.25) is 0 Å². The number of nitrogens with one attached hydrogen (secondary N) is 1. The van der Waals surface area contributed by atoms with E-state index < -0.39 is 29.6 Å². The van der Waals surface area contributed by atoms with Crippen molar-refractivity contribution in [1.82, 2.24) is 5.32 Å². The van der Waals surface area contributed by atoms with Crippen LogP contribution in [0.3, 0.4) is 0 Å². The van der Waals surface area contributed by atoms with Gasteiger partial charge in [0, 0.05) is 6.08 Å². The van der Waals surface area contributed by atoms with Crippen LogP contribution in [0, 0.1) is 0 Å². The highest BCUT2D eigenvalue weighted by atomic mass is 19.3. The maximum Gasteiger partial charge on any atom is 0.408 e. The molecular formula is C13H21F2NO4. The van der Waals surface area contributed by atoms with E-state index >= 15 is 0 Å². The second-order valence-electron chi connectivity index (χ2n) is 5.13. The molecular weight excluding hydrogens is 272 g/mol. The summed E-state index contributed by atoms with van der Waals surface area (Å²) < 4.78 is 36.7. The van der Waals surface area contributed by atoms with Crippen molar-refractivity contribution in [2.24, 2.45) is 0 Å². The Bertz CT molecular complexity index is 375. The van der Waals surface area contributed by atoms with E-state index in [1.807, 2.05) is 5.32 Å². The minimum absolute atomic E-state index is 0.0977. The molecule has 116 valence electrons. The maximum absolute atomic E-state index is 13.6. The van der Waals surface area contributed by atoms with Crippen LogP contribution < -0.4 is 5.32 Å². The van der Waals surface area contributed by atoms with Gasteiger partial charge in [-0.15, -0.1) is 0 Å². The van der Waals surface area contributed by atoms with E-state index in [0.29, 0.717) is 12.2 Å². The van der Waals surface area contributed by atoms with Crippen LogP contribution in [0.15, 0.2) is 12.2 Å². The number of carbonyl (C=O) groups is 2. The average Bonchev–Trinajstić information content (AvgIpc) is 2.24. The van der Waals surface area contributed by atoms with Gasteiger partial charge in [0.25, 0.3) is 5.92 Å². The third-order valence-corrected chi connectivity index (χ3v) is 2.04. The molecule has 5 nitrogen and oxygen atoms in total. The predicted molar refractivity (Wildman–Crippen MR) is 69.6 cm³/mol. The first-order valence-corrected chi connectivity index (χ1v) is 6.21. The summed E-state index contributed by atoms with van der Waals surface area (Å²) in [5, 5.41) is 2.02. The van der Waals surface area contributed by atoms with Crippen LogP contribution in [0.5, 0.6) is 0 Å². The van der Waals surface area contributed by atoms with E-state index in [9.17, 15) is 18.4 Å². The Kier molecular flexibility index (Phi) is 6.61. The molecule has 0 aliphatic carbocycles. The summed E-state index contributed by atoms with van der Waals surface area (Å²) in [6, 6.07) is -1.52. The molecule has 0 radical (unpaired) electrons. The normalized spacial score (nSPS) is 13.9. The molecule has 7 heteroatoms. The number of alkyl halides is 2. The largest absolute Gasteiger partial charge is 0.463 e. The van der Waals surface area contributed by atoms with Gasteiger partial charge in [0.2, 0.25) is 0 Å². The van der Waals surface area contributed by atoms with Gasteiger partial charge in [-0.05, 0) is 40.7 Å². The lowest BCUT2D eigenvalue weighted by Gasteiger charge is -2.25. The molecule has 0 aliphatic heterocycles. The molecule has 0 aromatic rings. The second-order valence-corrected chi connectivity index (χ2v) is 5.13. The Hall–Kier alpha value is -1.66. The van der Waals surface area contributed by atoms with Crippen LogP contribution in [0.25, 0.3) is 0 Å². The minimum Gasteiger partial charge on any atom is -0.463 e. The Balaban J connectivity index is 4.54. The van der Waals surface area contributed by atoms with Crippen LogP contribution in [0.4, 0.5) is 13.6 Å². The summed E-state index contributed by atoms with van der Waals surface area (Å²) in [7, 11) is 0. The molecule has 0 rings (SSSR count). The number of esters is 1. The molecule has 0 saturated heterocycles. The van der Waals surface area contributed by atoms with Crippen molar-refractivity contribution < 1.29 is 27.8 Å². The molecule has 0 aromatic heterocycles. The quantitative estimate of drug-likeness (QED) is 0.625. The van der Waals surface area contributed by atoms with Gasteiger partial charge in [-0.25, -0.2) is 9.59 Å². The molecule has 0 fully saturated rings. The highest BCUT2D eigenvalue weighted by molar-refractivity contribution is 5.82. The van der Waals surface area contributed by atoms with Crippen molar-refractivity contribution in [3.05, 3.63) is 12.2 Å². The Morgan fingerprint density at radius 2 is 1.85 bits per heavy atom. The molecule has 0 aromatic carbocycles. The zero-order valence-corrected chi connectivity index (χ0v) is 12.3. The number of hydrogen-bond donors (Lipinski definition) is 1. The van der Waals surface area contributed by atoms with Crippen LogP contribution in [-0.2, 0) is 14.3 Å². The third-order valence-electron chi connectivity index (χ3n) is 2.04. The summed E-state index contributed by atoms with van der Waals surface area (Å²) in [5.41, 5.74) is -0.778. The predicted octanol–water partition coefficient (Wildman–Crippen LogP) is 2.65. The van der Waals surface area contributed by atoms with Gasteiger partial charge in [-0.3, -0.25) is 0 Å². The van der Waals surface area contributed by atoms with Gasteiger partial charge in [-0.2, -0.15) is 8.78 Å². The summed E-state index contributed by atoms with van der Waals surface area (Å²) in [6.45, 7) is 7.64. The molecule has 1 atom stereocenters. The fraction of sp³-hybridized carbons (Fsp3) is 0.692. The highest BCUT2D eigenvalue weighted by Gasteiger charge is 2.35. The summed E-state index contributed by atoms with van der Waals surface area (Å²) in [6.07, 6.45) is 0.0817. The number of hydrogen-bond acceptors (Lipinski definition) is 4. The Morgan fingerprint density at radius 1 is 1.30 bits per heavy atom. The lowest BCUT2D eigenvalue weighted by atomic mass is 10.1. The number of carbonyl (C=O) groups excluding carboxylic acids is 2. The van der Waals surface area contributed by atoms with E-state index in [-0.39, 0.29) is 6.61 Å². The SMILES string of the molecule is CCOC(=O)/C=C/C(F)(F)C(C)NC(=O)OC(C)(C)C. The number of alkyl carbamates (subject to hydrolysis) is 1. The zero-order chi connectivity index (χ0) is 16.0. The molecule has 0 bridgehead atoms. The summed E-state index contributed by atoms with van der Waals surface area (Å²) >= 11 is 0. The molecule has 0 heterocycles. The first kappa shape index (κ1) is 18.3. The third kappa shape index (κ3) is 7.70. The van der Waals surface area contributed by atoms with Gasteiger partial charge in [0.1, 0.15) is 5.60 Å². The smallest absolute Gasteiger partial charge is 0.408 e. The molecule has 1 unspecified atom stereocenters. The fourth-order valence-corrected chi connectivity index (χ4v) is 1.09. The van der Waals surface area contributed by atoms with Gasteiger partial charge >= 0.3 is 12.1 Å². The molecule has 0 spiro atoms. The zero-order valence-electron chi connectivity index (χ0n) is 12.3. The van der Waals surface area contributed by atoms with E-state index in [1.165, 1.54) is 0 Å². The van der Waals surface area contributed by atoms with Crippen molar-refractivity contribution in [3.8, 4) is 0 Å². The second kappa shape index (κ2) is 7.21. The summed E-state index contributed by atoms with van der Waals surface area (Å²) in [5.74, 6) is -4.26. The van der Waals surface area contributed by atoms with Crippen LogP contribution in [-0.4, -0.2) is 36.2 Å². The lowest BCUT2D eigenvalue weighted by Crippen LogP contribution is -2.46. The molecule has 0 aliphatic rings. The maximum atomic E-state index is 13.6. The molecule has 1 amide bonds. The highest BCUT2D eigenvalue weighted by Crippen LogP contribution is 2.21. The Labute approximate surface area is 117 Å². The Morgan fingerprint density at radius 3 is 2.30 bits per heavy atom. The van der Waals surface area contributed by atoms with E-state index in [1.54, 1.807) is 27.7 Å².